The number of rotatable bonds is 9. The molecule has 37 heavy (non-hydrogen) atoms. The van der Waals surface area contributed by atoms with E-state index in [1.165, 1.54) is 12.1 Å². The van der Waals surface area contributed by atoms with Gasteiger partial charge in [-0.05, 0) is 42.8 Å². The lowest BCUT2D eigenvalue weighted by Gasteiger charge is -2.15. The number of imidazole rings is 2. The van der Waals surface area contributed by atoms with Crippen molar-refractivity contribution in [1.82, 2.24) is 24.8 Å². The Morgan fingerprint density at radius 2 is 1.78 bits per heavy atom. The molecule has 2 unspecified atom stereocenters. The molecule has 0 aliphatic carbocycles. The molecule has 2 aromatic carbocycles. The molecular formula is C23H25N6O7P. The van der Waals surface area contributed by atoms with Gasteiger partial charge in [-0.1, -0.05) is 6.92 Å². The van der Waals surface area contributed by atoms with Crippen molar-refractivity contribution in [1.29, 1.82) is 0 Å². The van der Waals surface area contributed by atoms with E-state index in [1.54, 1.807) is 35.9 Å². The van der Waals surface area contributed by atoms with Crippen LogP contribution in [0.3, 0.4) is 0 Å². The van der Waals surface area contributed by atoms with Crippen LogP contribution in [-0.2, 0) is 16.4 Å². The lowest BCUT2D eigenvalue weighted by molar-refractivity contribution is -0.138. The fourth-order valence-electron chi connectivity index (χ4n) is 4.17. The molecule has 0 aliphatic rings. The van der Waals surface area contributed by atoms with Crippen LogP contribution in [0.4, 0.5) is 0 Å². The summed E-state index contributed by atoms with van der Waals surface area (Å²) >= 11 is 0. The average molecular weight is 528 g/mol. The van der Waals surface area contributed by atoms with Crippen LogP contribution in [0.5, 0.6) is 0 Å². The summed E-state index contributed by atoms with van der Waals surface area (Å²) in [5, 5.41) is 11.4. The van der Waals surface area contributed by atoms with Gasteiger partial charge in [0.05, 0.1) is 34.1 Å². The molecule has 0 saturated carbocycles. The van der Waals surface area contributed by atoms with Gasteiger partial charge in [0.1, 0.15) is 17.7 Å². The number of H-pyrrole nitrogens is 1. The Morgan fingerprint density at radius 1 is 1.11 bits per heavy atom. The van der Waals surface area contributed by atoms with Crippen molar-refractivity contribution in [3.63, 3.8) is 0 Å². The number of amides is 2. The first-order valence-electron chi connectivity index (χ1n) is 11.2. The van der Waals surface area contributed by atoms with Crippen molar-refractivity contribution < 1.29 is 33.8 Å². The highest BCUT2D eigenvalue weighted by molar-refractivity contribution is 7.51. The largest absolute Gasteiger partial charge is 0.480 e. The van der Waals surface area contributed by atoms with Gasteiger partial charge in [0.15, 0.2) is 0 Å². The van der Waals surface area contributed by atoms with E-state index in [-0.39, 0.29) is 11.5 Å². The molecule has 0 bridgehead atoms. The van der Waals surface area contributed by atoms with Gasteiger partial charge in [-0.25, -0.2) is 14.8 Å². The zero-order chi connectivity index (χ0) is 27.1. The maximum atomic E-state index is 12.7. The minimum Gasteiger partial charge on any atom is -0.480 e. The van der Waals surface area contributed by atoms with Gasteiger partial charge in [0.2, 0.25) is 5.91 Å². The molecule has 2 aromatic heterocycles. The van der Waals surface area contributed by atoms with E-state index in [4.69, 9.17) is 20.5 Å². The molecular weight excluding hydrogens is 503 g/mol. The molecule has 0 radical (unpaired) electrons. The average Bonchev–Trinajstić information content (AvgIpc) is 3.38. The quantitative estimate of drug-likeness (QED) is 0.173. The van der Waals surface area contributed by atoms with E-state index in [2.05, 4.69) is 15.3 Å². The van der Waals surface area contributed by atoms with Gasteiger partial charge < -0.3 is 35.5 Å². The number of primary amides is 1. The highest BCUT2D eigenvalue weighted by Gasteiger charge is 2.29. The van der Waals surface area contributed by atoms with E-state index >= 15 is 0 Å². The van der Waals surface area contributed by atoms with Gasteiger partial charge in [0, 0.05) is 18.2 Å². The standard InChI is InChI=1S/C23H25N6O7P/c1-3-13(20-25-14-6-4-11(19(24)30)8-16(14)26-20)21-27-15-7-5-12(9-18(15)29(21)2)22(31)28-17(23(32)33)10-37(34,35)36/h4-9,13,17H,3,10H2,1-2H3,(H2,24,30)(H,25,26)(H,28,31)(H,32,33)(H2,34,35,36). The number of fused-ring (bicyclic) bond motifs is 2. The number of aromatic nitrogens is 4. The predicted molar refractivity (Wildman–Crippen MR) is 133 cm³/mol. The Kier molecular flexibility index (Phi) is 6.87. The van der Waals surface area contributed by atoms with Crippen LogP contribution in [0.15, 0.2) is 36.4 Å². The Bertz CT molecular complexity index is 1590. The van der Waals surface area contributed by atoms with Gasteiger partial charge in [0.25, 0.3) is 5.91 Å². The van der Waals surface area contributed by atoms with Crippen molar-refractivity contribution in [2.75, 3.05) is 6.16 Å². The van der Waals surface area contributed by atoms with Crippen LogP contribution in [0.1, 0.15) is 51.6 Å². The monoisotopic (exact) mass is 528 g/mol. The van der Waals surface area contributed by atoms with Gasteiger partial charge >= 0.3 is 13.6 Å². The van der Waals surface area contributed by atoms with Crippen molar-refractivity contribution >= 4 is 47.4 Å². The minimum absolute atomic E-state index is 0.106. The molecule has 14 heteroatoms. The van der Waals surface area contributed by atoms with Crippen LogP contribution in [0, 0.1) is 0 Å². The summed E-state index contributed by atoms with van der Waals surface area (Å²) in [6.45, 7) is 1.97. The summed E-state index contributed by atoms with van der Waals surface area (Å²) in [6, 6.07) is 7.79. The number of aliphatic carboxylic acids is 1. The summed E-state index contributed by atoms with van der Waals surface area (Å²) in [4.78, 5) is 66.4. The predicted octanol–water partition coefficient (Wildman–Crippen LogP) is 1.45. The van der Waals surface area contributed by atoms with Crippen molar-refractivity contribution in [2.45, 2.75) is 25.3 Å². The van der Waals surface area contributed by atoms with Crippen LogP contribution < -0.4 is 11.1 Å². The molecule has 4 rings (SSSR count). The smallest absolute Gasteiger partial charge is 0.328 e. The number of nitrogens with zero attached hydrogens (tertiary/aromatic N) is 3. The third-order valence-corrected chi connectivity index (χ3v) is 6.88. The lowest BCUT2D eigenvalue weighted by atomic mass is 10.1. The highest BCUT2D eigenvalue weighted by atomic mass is 31.2. The fraction of sp³-hybridized carbons (Fsp3) is 0.261. The molecule has 2 amide bonds. The fourth-order valence-corrected chi connectivity index (χ4v) is 4.90. The van der Waals surface area contributed by atoms with Gasteiger partial charge in [-0.2, -0.15) is 0 Å². The van der Waals surface area contributed by atoms with E-state index in [0.29, 0.717) is 45.7 Å². The topological polar surface area (TPSA) is 214 Å². The molecule has 13 nitrogen and oxygen atoms in total. The molecule has 2 atom stereocenters. The van der Waals surface area contributed by atoms with Gasteiger partial charge in [-0.15, -0.1) is 0 Å². The highest BCUT2D eigenvalue weighted by Crippen LogP contribution is 2.35. The summed E-state index contributed by atoms with van der Waals surface area (Å²) in [7, 11) is -2.90. The van der Waals surface area contributed by atoms with E-state index in [9.17, 15) is 24.1 Å². The zero-order valence-corrected chi connectivity index (χ0v) is 20.8. The second-order valence-corrected chi connectivity index (χ2v) is 10.3. The normalized spacial score (nSPS) is 13.5. The third kappa shape index (κ3) is 5.38. The number of benzene rings is 2. The third-order valence-electron chi connectivity index (χ3n) is 6.04. The lowest BCUT2D eigenvalue weighted by Crippen LogP contribution is -2.43. The van der Waals surface area contributed by atoms with Gasteiger partial charge in [-0.3, -0.25) is 14.2 Å². The number of hydrogen-bond acceptors (Lipinski definition) is 6. The molecule has 0 fully saturated rings. The first-order chi connectivity index (χ1) is 17.4. The number of carboxylic acids is 1. The summed E-state index contributed by atoms with van der Waals surface area (Å²) in [5.74, 6) is -1.85. The van der Waals surface area contributed by atoms with E-state index < -0.39 is 37.6 Å². The molecule has 0 aliphatic heterocycles. The van der Waals surface area contributed by atoms with Crippen molar-refractivity contribution in [3.05, 3.63) is 59.2 Å². The number of aromatic amines is 1. The Morgan fingerprint density at radius 3 is 2.41 bits per heavy atom. The first kappa shape index (κ1) is 26.0. The first-order valence-corrected chi connectivity index (χ1v) is 13.0. The van der Waals surface area contributed by atoms with Crippen LogP contribution in [0.25, 0.3) is 22.1 Å². The Hall–Kier alpha value is -4.06. The summed E-state index contributed by atoms with van der Waals surface area (Å²) in [5.41, 5.74) is 8.34. The number of carbonyl (C=O) groups excluding carboxylic acids is 2. The molecule has 7 N–H and O–H groups in total. The molecule has 2 heterocycles. The maximum Gasteiger partial charge on any atom is 0.328 e. The Labute approximate surface area is 209 Å². The van der Waals surface area contributed by atoms with E-state index in [1.807, 2.05) is 6.92 Å². The number of nitrogens with two attached hydrogens (primary N) is 1. The summed E-state index contributed by atoms with van der Waals surface area (Å²) < 4.78 is 13.0. The van der Waals surface area contributed by atoms with Crippen molar-refractivity contribution in [3.8, 4) is 0 Å². The second kappa shape index (κ2) is 9.77. The number of carbonyl (C=O) groups is 3. The maximum absolute atomic E-state index is 12.7. The number of nitrogens with one attached hydrogen (secondary N) is 2. The summed E-state index contributed by atoms with van der Waals surface area (Å²) in [6.07, 6.45) is -0.390. The number of aryl methyl sites for hydroxylation is 1. The molecule has 194 valence electrons. The molecule has 4 aromatic rings. The number of carboxylic acid groups (broad SMARTS) is 1. The van der Waals surface area contributed by atoms with Crippen LogP contribution in [-0.4, -0.2) is 64.4 Å². The molecule has 0 saturated heterocycles. The van der Waals surface area contributed by atoms with Crippen LogP contribution >= 0.6 is 7.60 Å². The Balaban J connectivity index is 1.67. The molecule has 0 spiro atoms. The SMILES string of the molecule is CCC(c1nc2ccc(C(N)=O)cc2[nH]1)c1nc2ccc(C(=O)NC(CP(=O)(O)O)C(=O)O)cc2n1C. The minimum atomic E-state index is -4.67. The van der Waals surface area contributed by atoms with Crippen molar-refractivity contribution in [2.24, 2.45) is 12.8 Å². The number of hydrogen-bond donors (Lipinski definition) is 6. The van der Waals surface area contributed by atoms with Crippen LogP contribution in [0.2, 0.25) is 0 Å². The zero-order valence-electron chi connectivity index (χ0n) is 19.9. The van der Waals surface area contributed by atoms with E-state index in [0.717, 1.165) is 0 Å². The second-order valence-electron chi connectivity index (χ2n) is 8.62.